The molecule has 2 aromatic carbocycles. The molecule has 2 aliphatic heterocycles. The number of benzene rings is 2. The number of nitrogens with zero attached hydrogens (tertiary/aromatic N) is 2. The standard InChI is InChI=1S/C28H33FN4O4/c1-27(2,3)30-10-7-11-32-25(35)28(4)15-19-18-13-22(37-5)20(29)14-21(18)31-23(19)24(33(28)26(32)36)16-8-6-9-17(34)12-16/h6,8-9,12-14,24,30-31,34H,7,10-11,15H2,1-5H3/t24-,28+/m1/s1. The molecule has 5 rings (SSSR count). The Kier molecular flexibility index (Phi) is 5.94. The first-order valence-corrected chi connectivity index (χ1v) is 12.5. The van der Waals surface area contributed by atoms with E-state index in [-0.39, 0.29) is 35.4 Å². The van der Waals surface area contributed by atoms with E-state index in [0.717, 1.165) is 10.9 Å². The minimum absolute atomic E-state index is 0.0539. The van der Waals surface area contributed by atoms with Crippen molar-refractivity contribution in [1.82, 2.24) is 20.1 Å². The molecule has 3 aromatic rings. The molecule has 0 saturated carbocycles. The van der Waals surface area contributed by atoms with Gasteiger partial charge in [0.05, 0.1) is 7.11 Å². The van der Waals surface area contributed by atoms with E-state index in [1.807, 2.05) is 6.07 Å². The predicted molar refractivity (Wildman–Crippen MR) is 138 cm³/mol. The van der Waals surface area contributed by atoms with Gasteiger partial charge in [-0.2, -0.15) is 0 Å². The van der Waals surface area contributed by atoms with Crippen LogP contribution >= 0.6 is 0 Å². The second-order valence-electron chi connectivity index (χ2n) is 11.1. The summed E-state index contributed by atoms with van der Waals surface area (Å²) < 4.78 is 19.8. The Hall–Kier alpha value is -3.59. The molecule has 3 amide bonds. The molecule has 37 heavy (non-hydrogen) atoms. The number of aromatic nitrogens is 1. The second kappa shape index (κ2) is 8.76. The van der Waals surface area contributed by atoms with E-state index in [1.165, 1.54) is 18.1 Å². The van der Waals surface area contributed by atoms with Gasteiger partial charge in [-0.3, -0.25) is 14.6 Å². The third-order valence-electron chi connectivity index (χ3n) is 7.34. The van der Waals surface area contributed by atoms with E-state index in [4.69, 9.17) is 4.74 Å². The van der Waals surface area contributed by atoms with E-state index < -0.39 is 17.4 Å². The van der Waals surface area contributed by atoms with Crippen molar-refractivity contribution in [1.29, 1.82) is 0 Å². The highest BCUT2D eigenvalue weighted by Crippen LogP contribution is 2.49. The molecule has 196 valence electrons. The first-order chi connectivity index (χ1) is 17.4. The van der Waals surface area contributed by atoms with E-state index in [9.17, 15) is 19.1 Å². The third kappa shape index (κ3) is 4.11. The van der Waals surface area contributed by atoms with Crippen LogP contribution in [0.4, 0.5) is 9.18 Å². The summed E-state index contributed by atoms with van der Waals surface area (Å²) in [6.07, 6.45) is 0.897. The number of urea groups is 1. The molecular weight excluding hydrogens is 475 g/mol. The summed E-state index contributed by atoms with van der Waals surface area (Å²) in [6.45, 7) is 8.96. The number of phenolic OH excluding ortho intramolecular Hbond substituents is 1. The lowest BCUT2D eigenvalue weighted by molar-refractivity contribution is -0.133. The molecule has 3 heterocycles. The van der Waals surface area contributed by atoms with Gasteiger partial charge in [0.2, 0.25) is 0 Å². The number of fused-ring (bicyclic) bond motifs is 4. The smallest absolute Gasteiger partial charge is 0.328 e. The molecule has 0 radical (unpaired) electrons. The number of aromatic amines is 1. The lowest BCUT2D eigenvalue weighted by atomic mass is 9.81. The Morgan fingerprint density at radius 3 is 2.68 bits per heavy atom. The first kappa shape index (κ1) is 25.1. The fourth-order valence-corrected chi connectivity index (χ4v) is 5.61. The summed E-state index contributed by atoms with van der Waals surface area (Å²) >= 11 is 0. The van der Waals surface area contributed by atoms with Gasteiger partial charge in [0.25, 0.3) is 5.91 Å². The number of imide groups is 1. The minimum atomic E-state index is -1.14. The molecular formula is C28H33FN4O4. The van der Waals surface area contributed by atoms with Gasteiger partial charge >= 0.3 is 6.03 Å². The van der Waals surface area contributed by atoms with Gasteiger partial charge in [-0.1, -0.05) is 12.1 Å². The highest BCUT2D eigenvalue weighted by Gasteiger charge is 2.60. The number of carbonyl (C=O) groups is 2. The number of halogens is 1. The van der Waals surface area contributed by atoms with Gasteiger partial charge in [0.15, 0.2) is 11.6 Å². The van der Waals surface area contributed by atoms with Crippen molar-refractivity contribution in [3.63, 3.8) is 0 Å². The molecule has 1 saturated heterocycles. The Bertz CT molecular complexity index is 1390. The number of H-pyrrole nitrogens is 1. The Labute approximate surface area is 215 Å². The van der Waals surface area contributed by atoms with Crippen LogP contribution in [0.3, 0.4) is 0 Å². The van der Waals surface area contributed by atoms with E-state index in [2.05, 4.69) is 31.1 Å². The largest absolute Gasteiger partial charge is 0.508 e. The zero-order chi connectivity index (χ0) is 26.7. The zero-order valence-corrected chi connectivity index (χ0v) is 21.8. The summed E-state index contributed by atoms with van der Waals surface area (Å²) in [4.78, 5) is 34.0. The number of hydrogen-bond acceptors (Lipinski definition) is 5. The van der Waals surface area contributed by atoms with E-state index >= 15 is 0 Å². The molecule has 0 spiro atoms. The molecule has 3 N–H and O–H groups in total. The normalized spacial score (nSPS) is 21.5. The lowest BCUT2D eigenvalue weighted by Gasteiger charge is -2.42. The van der Waals surface area contributed by atoms with Gasteiger partial charge in [-0.15, -0.1) is 0 Å². The number of phenols is 1. The summed E-state index contributed by atoms with van der Waals surface area (Å²) in [6, 6.07) is 8.65. The number of nitrogens with one attached hydrogen (secondary N) is 2. The highest BCUT2D eigenvalue weighted by atomic mass is 19.1. The summed E-state index contributed by atoms with van der Waals surface area (Å²) in [5.74, 6) is -0.597. The number of carbonyl (C=O) groups excluding carboxylic acids is 2. The van der Waals surface area contributed by atoms with Crippen LogP contribution in [0.15, 0.2) is 36.4 Å². The lowest BCUT2D eigenvalue weighted by Crippen LogP contribution is -2.53. The molecule has 9 heteroatoms. The van der Waals surface area contributed by atoms with Crippen LogP contribution in [0, 0.1) is 5.82 Å². The van der Waals surface area contributed by atoms with Gasteiger partial charge in [0.1, 0.15) is 17.3 Å². The van der Waals surface area contributed by atoms with Gasteiger partial charge in [-0.05, 0) is 70.0 Å². The van der Waals surface area contributed by atoms with Crippen LogP contribution in [0.2, 0.25) is 0 Å². The number of ether oxygens (including phenoxy) is 1. The maximum absolute atomic E-state index is 14.6. The Morgan fingerprint density at radius 1 is 1.24 bits per heavy atom. The van der Waals surface area contributed by atoms with Crippen molar-refractivity contribution in [3.05, 3.63) is 59.0 Å². The average Bonchev–Trinajstić information content (AvgIpc) is 3.25. The van der Waals surface area contributed by atoms with E-state index in [0.29, 0.717) is 36.3 Å². The molecule has 8 nitrogen and oxygen atoms in total. The molecule has 0 unspecified atom stereocenters. The Morgan fingerprint density at radius 2 is 2.00 bits per heavy atom. The number of rotatable bonds is 6. The average molecular weight is 509 g/mol. The molecule has 1 aromatic heterocycles. The fourth-order valence-electron chi connectivity index (χ4n) is 5.61. The van der Waals surface area contributed by atoms with Crippen LogP contribution in [0.1, 0.15) is 57.0 Å². The molecule has 0 aliphatic carbocycles. The minimum Gasteiger partial charge on any atom is -0.508 e. The maximum Gasteiger partial charge on any atom is 0.328 e. The molecule has 2 atom stereocenters. The topological polar surface area (TPSA) is 97.9 Å². The summed E-state index contributed by atoms with van der Waals surface area (Å²) in [5.41, 5.74) is 1.54. The van der Waals surface area contributed by atoms with Crippen molar-refractivity contribution in [2.45, 2.75) is 57.7 Å². The fraction of sp³-hybridized carbons (Fsp3) is 0.429. The number of amides is 3. The van der Waals surface area contributed by atoms with Crippen molar-refractivity contribution in [3.8, 4) is 11.5 Å². The van der Waals surface area contributed by atoms with E-state index in [1.54, 1.807) is 36.1 Å². The van der Waals surface area contributed by atoms with Gasteiger partial charge < -0.3 is 20.1 Å². The van der Waals surface area contributed by atoms with Crippen LogP contribution in [-0.2, 0) is 11.2 Å². The third-order valence-corrected chi connectivity index (χ3v) is 7.34. The summed E-state index contributed by atoms with van der Waals surface area (Å²) in [7, 11) is 1.41. The van der Waals surface area contributed by atoms with Crippen molar-refractivity contribution < 1.29 is 23.8 Å². The van der Waals surface area contributed by atoms with Crippen molar-refractivity contribution in [2.75, 3.05) is 20.2 Å². The highest BCUT2D eigenvalue weighted by molar-refractivity contribution is 6.08. The van der Waals surface area contributed by atoms with Crippen LogP contribution < -0.4 is 10.1 Å². The van der Waals surface area contributed by atoms with Crippen molar-refractivity contribution >= 4 is 22.8 Å². The summed E-state index contributed by atoms with van der Waals surface area (Å²) in [5, 5.41) is 14.4. The quantitative estimate of drug-likeness (QED) is 0.337. The Balaban J connectivity index is 1.60. The number of aromatic hydroxyl groups is 1. The van der Waals surface area contributed by atoms with Crippen LogP contribution in [0.5, 0.6) is 11.5 Å². The maximum atomic E-state index is 14.6. The predicted octanol–water partition coefficient (Wildman–Crippen LogP) is 4.47. The van der Waals surface area contributed by atoms with Crippen LogP contribution in [0.25, 0.3) is 10.9 Å². The zero-order valence-electron chi connectivity index (χ0n) is 21.8. The van der Waals surface area contributed by atoms with Gasteiger partial charge in [0, 0.05) is 41.2 Å². The van der Waals surface area contributed by atoms with Crippen LogP contribution in [-0.4, -0.2) is 63.1 Å². The SMILES string of the molecule is COc1cc2c3c([nH]c2cc1F)[C@@H](c1cccc(O)c1)N1C(=O)N(CCCNC(C)(C)C)C(=O)[C@]1(C)C3. The number of methoxy groups -OCH3 is 1. The van der Waals surface area contributed by atoms with Crippen molar-refractivity contribution in [2.24, 2.45) is 0 Å². The second-order valence-corrected chi connectivity index (χ2v) is 11.1. The molecule has 1 fully saturated rings. The first-order valence-electron chi connectivity index (χ1n) is 12.5. The number of hydrogen-bond donors (Lipinski definition) is 3. The molecule has 0 bridgehead atoms. The molecule has 2 aliphatic rings. The van der Waals surface area contributed by atoms with Gasteiger partial charge in [-0.25, -0.2) is 9.18 Å². The monoisotopic (exact) mass is 508 g/mol.